The fourth-order valence-corrected chi connectivity index (χ4v) is 3.14. The Labute approximate surface area is 177 Å². The fraction of sp³-hybridized carbons (Fsp3) is 0.455. The van der Waals surface area contributed by atoms with E-state index < -0.39 is 0 Å². The van der Waals surface area contributed by atoms with Crippen LogP contribution in [0.3, 0.4) is 0 Å². The zero-order chi connectivity index (χ0) is 21.6. The Kier molecular flexibility index (Phi) is 10.1. The predicted molar refractivity (Wildman–Crippen MR) is 113 cm³/mol. The van der Waals surface area contributed by atoms with Gasteiger partial charge in [-0.05, 0) is 25.0 Å². The molecule has 0 bridgehead atoms. The summed E-state index contributed by atoms with van der Waals surface area (Å²) in [7, 11) is 3.76. The van der Waals surface area contributed by atoms with Gasteiger partial charge in [-0.2, -0.15) is 9.13 Å². The quantitative estimate of drug-likeness (QED) is 0.173. The van der Waals surface area contributed by atoms with E-state index in [-0.39, 0.29) is 0 Å². The van der Waals surface area contributed by atoms with Crippen LogP contribution in [0, 0.1) is 0 Å². The molecule has 2 N–H and O–H groups in total. The molecule has 0 aliphatic rings. The lowest BCUT2D eigenvalue weighted by molar-refractivity contribution is -0.672. The van der Waals surface area contributed by atoms with Crippen molar-refractivity contribution < 1.29 is 29.0 Å². The van der Waals surface area contributed by atoms with Crippen LogP contribution >= 0.6 is 0 Å². The molecule has 2 aromatic heterocycles. The number of hydrogen-bond acceptors (Lipinski definition) is 6. The smallest absolute Gasteiger partial charge is 0.269 e. The van der Waals surface area contributed by atoms with Gasteiger partial charge < -0.3 is 19.9 Å². The largest absolute Gasteiger partial charge is 0.487 e. The van der Waals surface area contributed by atoms with Crippen LogP contribution in [0.4, 0.5) is 0 Å². The van der Waals surface area contributed by atoms with Crippen LogP contribution < -0.4 is 18.6 Å². The van der Waals surface area contributed by atoms with Crippen LogP contribution in [0.5, 0.6) is 11.5 Å². The second kappa shape index (κ2) is 13.1. The molecule has 0 unspecified atom stereocenters. The summed E-state index contributed by atoms with van der Waals surface area (Å²) in [6, 6.07) is 7.56. The molecule has 0 aromatic carbocycles. The van der Waals surface area contributed by atoms with Crippen LogP contribution in [0.1, 0.15) is 49.9 Å². The first-order chi connectivity index (χ1) is 14.7. The molecule has 8 nitrogen and oxygen atoms in total. The van der Waals surface area contributed by atoms with Crippen LogP contribution in [0.2, 0.25) is 0 Å². The molecule has 0 radical (unpaired) electrons. The first kappa shape index (κ1) is 23.1. The summed E-state index contributed by atoms with van der Waals surface area (Å²) in [5, 5.41) is 23.8. The summed E-state index contributed by atoms with van der Waals surface area (Å²) in [6.45, 7) is 1.28. The summed E-state index contributed by atoms with van der Waals surface area (Å²) >= 11 is 0. The molecule has 0 aliphatic carbocycles. The molecule has 2 rings (SSSR count). The summed E-state index contributed by atoms with van der Waals surface area (Å²) in [5.41, 5.74) is 1.47. The third-order valence-electron chi connectivity index (χ3n) is 4.79. The molecule has 0 atom stereocenters. The maximum atomic E-state index is 8.79. The summed E-state index contributed by atoms with van der Waals surface area (Å²) in [6.07, 6.45) is 13.0. The van der Waals surface area contributed by atoms with Gasteiger partial charge in [0.25, 0.3) is 11.4 Å². The number of hydrogen-bond donors (Lipinski definition) is 2. The molecular formula is C22H32N4O4+2. The fourth-order valence-electron chi connectivity index (χ4n) is 3.14. The molecule has 0 saturated heterocycles. The van der Waals surface area contributed by atoms with E-state index in [1.54, 1.807) is 0 Å². The maximum Gasteiger partial charge on any atom is 0.269 e. The van der Waals surface area contributed by atoms with E-state index in [0.717, 1.165) is 61.4 Å². The zero-order valence-corrected chi connectivity index (χ0v) is 17.8. The number of unbranched alkanes of at least 4 members (excludes halogenated alkanes) is 5. The molecule has 0 saturated carbocycles. The molecule has 0 spiro atoms. The minimum Gasteiger partial charge on any atom is -0.487 e. The summed E-state index contributed by atoms with van der Waals surface area (Å²) < 4.78 is 15.4. The number of pyridine rings is 2. The lowest BCUT2D eigenvalue weighted by Crippen LogP contribution is -2.33. The minimum absolute atomic E-state index is 0.638. The van der Waals surface area contributed by atoms with Crippen molar-refractivity contribution in [3.05, 3.63) is 48.0 Å². The average molecular weight is 417 g/mol. The Bertz CT molecular complexity index is 770. The van der Waals surface area contributed by atoms with Gasteiger partial charge in [-0.25, -0.2) is 0 Å². The van der Waals surface area contributed by atoms with Crippen molar-refractivity contribution >= 4 is 12.4 Å². The molecule has 2 heterocycles. The SMILES string of the molecule is C[n+]1cccc(OCCCCCCCCOc2ccc[n+](C)c2/C=N/O)c1/C=N\O. The van der Waals surface area contributed by atoms with Gasteiger partial charge in [0.15, 0.2) is 23.9 Å². The first-order valence-electron chi connectivity index (χ1n) is 10.2. The van der Waals surface area contributed by atoms with E-state index >= 15 is 0 Å². The lowest BCUT2D eigenvalue weighted by atomic mass is 10.1. The third-order valence-corrected chi connectivity index (χ3v) is 4.79. The van der Waals surface area contributed by atoms with Crippen molar-refractivity contribution in [1.82, 2.24) is 0 Å². The Morgan fingerprint density at radius 2 is 1.13 bits per heavy atom. The molecule has 8 heteroatoms. The molecular weight excluding hydrogens is 384 g/mol. The average Bonchev–Trinajstić information content (AvgIpc) is 2.74. The van der Waals surface area contributed by atoms with Gasteiger partial charge in [-0.1, -0.05) is 36.0 Å². The minimum atomic E-state index is 0.638. The van der Waals surface area contributed by atoms with Crippen molar-refractivity contribution in [2.45, 2.75) is 38.5 Å². The van der Waals surface area contributed by atoms with Crippen LogP contribution in [0.25, 0.3) is 0 Å². The van der Waals surface area contributed by atoms with Gasteiger partial charge in [0.05, 0.1) is 13.2 Å². The van der Waals surface area contributed by atoms with Crippen molar-refractivity contribution in [1.29, 1.82) is 0 Å². The van der Waals surface area contributed by atoms with Gasteiger partial charge >= 0.3 is 0 Å². The predicted octanol–water partition coefficient (Wildman–Crippen LogP) is 2.75. The van der Waals surface area contributed by atoms with E-state index in [2.05, 4.69) is 10.3 Å². The van der Waals surface area contributed by atoms with E-state index in [4.69, 9.17) is 19.9 Å². The van der Waals surface area contributed by atoms with E-state index in [1.807, 2.05) is 59.9 Å². The lowest BCUT2D eigenvalue weighted by Gasteiger charge is -2.08. The summed E-state index contributed by atoms with van der Waals surface area (Å²) in [5.74, 6) is 1.43. The van der Waals surface area contributed by atoms with Crippen molar-refractivity contribution in [2.24, 2.45) is 24.4 Å². The topological polar surface area (TPSA) is 91.4 Å². The van der Waals surface area contributed by atoms with Crippen LogP contribution in [-0.2, 0) is 14.1 Å². The van der Waals surface area contributed by atoms with Gasteiger partial charge in [0.1, 0.15) is 26.5 Å². The second-order valence-corrected chi connectivity index (χ2v) is 7.04. The molecule has 30 heavy (non-hydrogen) atoms. The normalized spacial score (nSPS) is 11.4. The number of ether oxygens (including phenoxy) is 2. The Morgan fingerprint density at radius 3 is 1.53 bits per heavy atom. The van der Waals surface area contributed by atoms with Gasteiger partial charge in [-0.3, -0.25) is 0 Å². The molecule has 0 fully saturated rings. The van der Waals surface area contributed by atoms with Crippen molar-refractivity contribution in [2.75, 3.05) is 13.2 Å². The van der Waals surface area contributed by atoms with E-state index in [0.29, 0.717) is 13.2 Å². The maximum absolute atomic E-state index is 8.79. The highest BCUT2D eigenvalue weighted by Crippen LogP contribution is 2.15. The number of nitrogens with zero attached hydrogens (tertiary/aromatic N) is 4. The number of aryl methyl sites for hydroxylation is 2. The third kappa shape index (κ3) is 7.35. The van der Waals surface area contributed by atoms with Crippen molar-refractivity contribution in [3.8, 4) is 11.5 Å². The monoisotopic (exact) mass is 416 g/mol. The first-order valence-corrected chi connectivity index (χ1v) is 10.2. The highest BCUT2D eigenvalue weighted by atomic mass is 16.5. The number of rotatable bonds is 13. The van der Waals surface area contributed by atoms with E-state index in [1.165, 1.54) is 12.4 Å². The van der Waals surface area contributed by atoms with Gasteiger partial charge in [0, 0.05) is 12.1 Å². The molecule has 0 amide bonds. The highest BCUT2D eigenvalue weighted by molar-refractivity contribution is 5.78. The van der Waals surface area contributed by atoms with Crippen molar-refractivity contribution in [3.63, 3.8) is 0 Å². The Balaban J connectivity index is 1.57. The molecule has 0 aliphatic heterocycles. The van der Waals surface area contributed by atoms with Crippen LogP contribution in [0.15, 0.2) is 47.0 Å². The highest BCUT2D eigenvalue weighted by Gasteiger charge is 2.13. The standard InChI is InChI=1S/C22H30N4O4/c1-25-13-9-11-21(19(25)17-23-27)29-15-7-5-3-4-6-8-16-30-22-12-10-14-26(2)20(22)18-24-28/h9-14,17-18H,3-8,15-16H2,1-2H3/p+2. The Morgan fingerprint density at radius 1 is 0.733 bits per heavy atom. The number of aromatic nitrogens is 2. The van der Waals surface area contributed by atoms with E-state index in [9.17, 15) is 0 Å². The molecule has 2 aromatic rings. The zero-order valence-electron chi connectivity index (χ0n) is 17.8. The Hall–Kier alpha value is -3.16. The summed E-state index contributed by atoms with van der Waals surface area (Å²) in [4.78, 5) is 0. The second-order valence-electron chi connectivity index (χ2n) is 7.04. The van der Waals surface area contributed by atoms with Crippen LogP contribution in [-0.4, -0.2) is 36.1 Å². The van der Waals surface area contributed by atoms with Gasteiger partial charge in [0.2, 0.25) is 0 Å². The van der Waals surface area contributed by atoms with Gasteiger partial charge in [-0.15, -0.1) is 0 Å². The molecule has 162 valence electrons. The number of oxime groups is 2.